The number of hydrogen-bond acceptors (Lipinski definition) is 7. The summed E-state index contributed by atoms with van der Waals surface area (Å²) in [4.78, 5) is 0. The molecule has 0 saturated heterocycles. The van der Waals surface area contributed by atoms with Crippen molar-refractivity contribution in [2.45, 2.75) is 36.4 Å². The van der Waals surface area contributed by atoms with Crippen molar-refractivity contribution < 1.29 is 4.74 Å². The number of hydrogen-bond donors (Lipinski definition) is 0. The minimum absolute atomic E-state index is 0.315. The molecule has 0 aliphatic heterocycles. The summed E-state index contributed by atoms with van der Waals surface area (Å²) in [5.74, 6) is 2.77. The van der Waals surface area contributed by atoms with Crippen molar-refractivity contribution in [2.24, 2.45) is 0 Å². The standard InChI is InChI=1S/C20H18ClN7OS/c21-16-8-4-5-9-17(16)29-12-18-22-24-20(27(18)14-10-11-14)30-13-19-23-25-26-28(19)15-6-2-1-3-7-15/h1-9,14H,10-13H2. The Balaban J connectivity index is 1.32. The van der Waals surface area contributed by atoms with Crippen LogP contribution in [-0.2, 0) is 12.4 Å². The Bertz CT molecular complexity index is 1140. The molecule has 0 atom stereocenters. The van der Waals surface area contributed by atoms with E-state index in [9.17, 15) is 0 Å². The zero-order chi connectivity index (χ0) is 20.3. The van der Waals surface area contributed by atoms with Gasteiger partial charge in [-0.05, 0) is 47.5 Å². The lowest BCUT2D eigenvalue weighted by Crippen LogP contribution is -2.07. The molecule has 8 nitrogen and oxygen atoms in total. The molecule has 4 aromatic rings. The number of rotatable bonds is 8. The molecule has 1 saturated carbocycles. The summed E-state index contributed by atoms with van der Waals surface area (Å²) in [6, 6.07) is 17.7. The Morgan fingerprint density at radius 3 is 2.57 bits per heavy atom. The van der Waals surface area contributed by atoms with Gasteiger partial charge >= 0.3 is 0 Å². The summed E-state index contributed by atoms with van der Waals surface area (Å²) < 4.78 is 9.79. The molecule has 5 rings (SSSR count). The van der Waals surface area contributed by atoms with Crippen LogP contribution in [0.4, 0.5) is 0 Å². The lowest BCUT2D eigenvalue weighted by molar-refractivity contribution is 0.288. The molecule has 0 spiro atoms. The Morgan fingerprint density at radius 2 is 1.77 bits per heavy atom. The number of benzene rings is 2. The zero-order valence-electron chi connectivity index (χ0n) is 15.9. The van der Waals surface area contributed by atoms with Gasteiger partial charge in [0.05, 0.1) is 16.5 Å². The molecular weight excluding hydrogens is 422 g/mol. The first kappa shape index (κ1) is 19.1. The van der Waals surface area contributed by atoms with Crippen molar-refractivity contribution in [1.29, 1.82) is 0 Å². The van der Waals surface area contributed by atoms with Gasteiger partial charge in [0.1, 0.15) is 12.4 Å². The second-order valence-corrected chi connectivity index (χ2v) is 8.20. The molecule has 2 aromatic heterocycles. The van der Waals surface area contributed by atoms with Crippen LogP contribution in [0.15, 0.2) is 59.8 Å². The summed E-state index contributed by atoms with van der Waals surface area (Å²) >= 11 is 7.76. The molecule has 0 unspecified atom stereocenters. The maximum Gasteiger partial charge on any atom is 0.192 e. The number of halogens is 1. The van der Waals surface area contributed by atoms with Crippen LogP contribution in [-0.4, -0.2) is 35.0 Å². The van der Waals surface area contributed by atoms with Crippen molar-refractivity contribution in [1.82, 2.24) is 35.0 Å². The van der Waals surface area contributed by atoms with Crippen LogP contribution in [0.3, 0.4) is 0 Å². The summed E-state index contributed by atoms with van der Waals surface area (Å²) in [5, 5.41) is 22.3. The Hall–Kier alpha value is -2.91. The third-order valence-corrected chi connectivity index (χ3v) is 5.96. The summed E-state index contributed by atoms with van der Waals surface area (Å²) in [7, 11) is 0. The predicted octanol–water partition coefficient (Wildman–Crippen LogP) is 4.11. The van der Waals surface area contributed by atoms with Crippen LogP contribution in [0.1, 0.15) is 30.5 Å². The normalized spacial score (nSPS) is 13.5. The topological polar surface area (TPSA) is 83.5 Å². The third kappa shape index (κ3) is 4.03. The Kier molecular flexibility index (Phi) is 5.37. The van der Waals surface area contributed by atoms with E-state index in [1.807, 2.05) is 48.5 Å². The number of ether oxygens (including phenoxy) is 1. The van der Waals surface area contributed by atoms with Crippen molar-refractivity contribution in [3.63, 3.8) is 0 Å². The lowest BCUT2D eigenvalue weighted by atomic mass is 10.3. The van der Waals surface area contributed by atoms with Gasteiger partial charge in [0, 0.05) is 6.04 Å². The molecule has 0 bridgehead atoms. The van der Waals surface area contributed by atoms with Crippen molar-refractivity contribution in [2.75, 3.05) is 0 Å². The van der Waals surface area contributed by atoms with E-state index in [-0.39, 0.29) is 0 Å². The number of aromatic nitrogens is 7. The van der Waals surface area contributed by atoms with Crippen molar-refractivity contribution in [3.05, 3.63) is 71.3 Å². The second kappa shape index (κ2) is 8.45. The zero-order valence-corrected chi connectivity index (χ0v) is 17.5. The average Bonchev–Trinajstić information content (AvgIpc) is 3.36. The van der Waals surface area contributed by atoms with Gasteiger partial charge in [-0.15, -0.1) is 15.3 Å². The smallest absolute Gasteiger partial charge is 0.192 e. The fourth-order valence-corrected chi connectivity index (χ4v) is 4.22. The van der Waals surface area contributed by atoms with Gasteiger partial charge in [0.15, 0.2) is 16.8 Å². The maximum atomic E-state index is 6.19. The molecule has 2 heterocycles. The molecule has 152 valence electrons. The minimum Gasteiger partial charge on any atom is -0.484 e. The van der Waals surface area contributed by atoms with E-state index in [1.165, 1.54) is 0 Å². The fraction of sp³-hybridized carbons (Fsp3) is 0.250. The molecule has 0 amide bonds. The molecule has 0 N–H and O–H groups in total. The van der Waals surface area contributed by atoms with E-state index in [2.05, 4.69) is 30.3 Å². The van der Waals surface area contributed by atoms with Crippen LogP contribution >= 0.6 is 23.4 Å². The van der Waals surface area contributed by atoms with Crippen molar-refractivity contribution >= 4 is 23.4 Å². The molecule has 10 heteroatoms. The molecule has 1 aliphatic rings. The van der Waals surface area contributed by atoms with Crippen LogP contribution in [0.5, 0.6) is 5.75 Å². The van der Waals surface area contributed by atoms with Gasteiger partial charge in [-0.3, -0.25) is 4.57 Å². The maximum absolute atomic E-state index is 6.19. The molecular formula is C20H18ClN7OS. The Labute approximate surface area is 182 Å². The first-order chi connectivity index (χ1) is 14.8. The molecule has 1 aliphatic carbocycles. The molecule has 0 radical (unpaired) electrons. The second-order valence-electron chi connectivity index (χ2n) is 6.85. The van der Waals surface area contributed by atoms with Crippen LogP contribution in [0.2, 0.25) is 5.02 Å². The van der Waals surface area contributed by atoms with E-state index < -0.39 is 0 Å². The van der Waals surface area contributed by atoms with Gasteiger partial charge in [0.2, 0.25) is 0 Å². The summed E-state index contributed by atoms with van der Waals surface area (Å²) in [6.07, 6.45) is 2.24. The molecule has 30 heavy (non-hydrogen) atoms. The first-order valence-electron chi connectivity index (χ1n) is 9.56. The van der Waals surface area contributed by atoms with E-state index in [0.29, 0.717) is 29.2 Å². The number of nitrogens with zero attached hydrogens (tertiary/aromatic N) is 7. The van der Waals surface area contributed by atoms with Crippen LogP contribution in [0, 0.1) is 0 Å². The monoisotopic (exact) mass is 439 g/mol. The molecule has 2 aromatic carbocycles. The largest absolute Gasteiger partial charge is 0.484 e. The lowest BCUT2D eigenvalue weighted by Gasteiger charge is -2.10. The number of thioether (sulfide) groups is 1. The fourth-order valence-electron chi connectivity index (χ4n) is 3.10. The highest BCUT2D eigenvalue weighted by atomic mass is 35.5. The van der Waals surface area contributed by atoms with E-state index in [1.54, 1.807) is 22.5 Å². The number of tetrazole rings is 1. The van der Waals surface area contributed by atoms with Gasteiger partial charge in [-0.25, -0.2) is 0 Å². The van der Waals surface area contributed by atoms with Crippen LogP contribution in [0.25, 0.3) is 5.69 Å². The first-order valence-corrected chi connectivity index (χ1v) is 10.9. The Morgan fingerprint density at radius 1 is 0.967 bits per heavy atom. The van der Waals surface area contributed by atoms with Gasteiger partial charge < -0.3 is 4.74 Å². The minimum atomic E-state index is 0.315. The van der Waals surface area contributed by atoms with Crippen LogP contribution < -0.4 is 4.74 Å². The quantitative estimate of drug-likeness (QED) is 0.382. The van der Waals surface area contributed by atoms with Gasteiger partial charge in [-0.1, -0.05) is 53.7 Å². The average molecular weight is 440 g/mol. The summed E-state index contributed by atoms with van der Waals surface area (Å²) in [5.41, 5.74) is 0.926. The van der Waals surface area contributed by atoms with Crippen molar-refractivity contribution in [3.8, 4) is 11.4 Å². The summed E-state index contributed by atoms with van der Waals surface area (Å²) in [6.45, 7) is 0.315. The van der Waals surface area contributed by atoms with Gasteiger partial charge in [0.25, 0.3) is 0 Å². The number of para-hydroxylation sites is 2. The third-order valence-electron chi connectivity index (χ3n) is 4.71. The SMILES string of the molecule is Clc1ccccc1OCc1nnc(SCc2nnnn2-c2ccccc2)n1C1CC1. The highest BCUT2D eigenvalue weighted by Crippen LogP contribution is 2.39. The van der Waals surface area contributed by atoms with E-state index in [4.69, 9.17) is 16.3 Å². The highest BCUT2D eigenvalue weighted by molar-refractivity contribution is 7.98. The van der Waals surface area contributed by atoms with Gasteiger partial charge in [-0.2, -0.15) is 4.68 Å². The molecule has 1 fully saturated rings. The highest BCUT2D eigenvalue weighted by Gasteiger charge is 2.30. The predicted molar refractivity (Wildman–Crippen MR) is 113 cm³/mol. The van der Waals surface area contributed by atoms with E-state index in [0.717, 1.165) is 35.3 Å². The van der Waals surface area contributed by atoms with E-state index >= 15 is 0 Å².